The Balaban J connectivity index is 1.87. The first-order valence-electron chi connectivity index (χ1n) is 5.59. The van der Waals surface area contributed by atoms with Crippen LogP contribution in [0.15, 0.2) is 28.9 Å². The lowest BCUT2D eigenvalue weighted by molar-refractivity contribution is -0.0591. The number of hydrogen-bond donors (Lipinski definition) is 0. The predicted octanol–water partition coefficient (Wildman–Crippen LogP) is 0.746. The van der Waals surface area contributed by atoms with E-state index in [0.29, 0.717) is 5.06 Å². The van der Waals surface area contributed by atoms with Crippen molar-refractivity contribution < 1.29 is 23.9 Å². The zero-order valence-electron chi connectivity index (χ0n) is 10.2. The zero-order chi connectivity index (χ0) is 14.3. The lowest BCUT2D eigenvalue weighted by Crippen LogP contribution is -2.33. The molecule has 100 valence electrons. The van der Waals surface area contributed by atoms with Crippen molar-refractivity contribution in [2.45, 2.75) is 6.92 Å². The number of benzene rings is 1. The number of imide groups is 1. The smallest absolute Gasteiger partial charge is 0.322 e. The van der Waals surface area contributed by atoms with Crippen LogP contribution in [-0.2, 0) is 4.84 Å². The molecule has 8 nitrogen and oxygen atoms in total. The van der Waals surface area contributed by atoms with Crippen LogP contribution in [0.3, 0.4) is 0 Å². The van der Waals surface area contributed by atoms with E-state index < -0.39 is 17.8 Å². The van der Waals surface area contributed by atoms with Gasteiger partial charge in [0.15, 0.2) is 0 Å². The average molecular weight is 273 g/mol. The highest BCUT2D eigenvalue weighted by molar-refractivity contribution is 6.21. The molecule has 0 saturated carbocycles. The first-order valence-corrected chi connectivity index (χ1v) is 5.59. The van der Waals surface area contributed by atoms with Crippen LogP contribution in [0.4, 0.5) is 0 Å². The number of hydroxylamine groups is 2. The summed E-state index contributed by atoms with van der Waals surface area (Å²) in [7, 11) is 0. The number of carbonyl (C=O) groups is 3. The van der Waals surface area contributed by atoms with Gasteiger partial charge in [-0.15, -0.1) is 0 Å². The number of aromatic nitrogens is 2. The van der Waals surface area contributed by atoms with E-state index in [1.807, 2.05) is 0 Å². The number of carbonyl (C=O) groups excluding carboxylic acids is 3. The molecular formula is C12H7N3O5. The van der Waals surface area contributed by atoms with Crippen molar-refractivity contribution in [2.24, 2.45) is 0 Å². The van der Waals surface area contributed by atoms with E-state index in [4.69, 9.17) is 4.84 Å². The van der Waals surface area contributed by atoms with Crippen LogP contribution in [0.2, 0.25) is 0 Å². The van der Waals surface area contributed by atoms with Gasteiger partial charge in [-0.25, -0.2) is 9.42 Å². The van der Waals surface area contributed by atoms with Crippen molar-refractivity contribution >= 4 is 17.8 Å². The maximum absolute atomic E-state index is 12.0. The first-order chi connectivity index (χ1) is 9.59. The van der Waals surface area contributed by atoms with Crippen LogP contribution in [0.25, 0.3) is 0 Å². The number of hydrogen-bond acceptors (Lipinski definition) is 7. The molecule has 20 heavy (non-hydrogen) atoms. The fourth-order valence-corrected chi connectivity index (χ4v) is 1.79. The second kappa shape index (κ2) is 4.26. The lowest BCUT2D eigenvalue weighted by atomic mass is 10.1. The van der Waals surface area contributed by atoms with Crippen LogP contribution in [0.5, 0.6) is 0 Å². The molecule has 0 spiro atoms. The summed E-state index contributed by atoms with van der Waals surface area (Å²) in [5.41, 5.74) is 0.369. The minimum absolute atomic E-state index is 0.181. The molecular weight excluding hydrogens is 266 g/mol. The highest BCUT2D eigenvalue weighted by atomic mass is 16.7. The van der Waals surface area contributed by atoms with Crippen LogP contribution < -0.4 is 0 Å². The molecule has 0 atom stereocenters. The summed E-state index contributed by atoms with van der Waals surface area (Å²) in [4.78, 5) is 40.5. The molecule has 0 aliphatic carbocycles. The second-order valence-corrected chi connectivity index (χ2v) is 4.03. The Morgan fingerprint density at radius 2 is 1.75 bits per heavy atom. The molecule has 0 radical (unpaired) electrons. The van der Waals surface area contributed by atoms with Crippen LogP contribution >= 0.6 is 0 Å². The van der Waals surface area contributed by atoms with Gasteiger partial charge in [-0.1, -0.05) is 22.4 Å². The summed E-state index contributed by atoms with van der Waals surface area (Å²) in [5, 5.41) is 7.17. The third-order valence-corrected chi connectivity index (χ3v) is 2.78. The van der Waals surface area contributed by atoms with Crippen LogP contribution in [-0.4, -0.2) is 33.2 Å². The first kappa shape index (κ1) is 12.0. The third kappa shape index (κ3) is 1.66. The fraction of sp³-hybridized carbons (Fsp3) is 0.0833. The van der Waals surface area contributed by atoms with E-state index in [1.165, 1.54) is 19.1 Å². The van der Waals surface area contributed by atoms with Crippen molar-refractivity contribution in [3.05, 3.63) is 46.8 Å². The second-order valence-electron chi connectivity index (χ2n) is 4.03. The molecule has 1 aliphatic rings. The number of fused-ring (bicyclic) bond motifs is 1. The largest absolute Gasteiger partial charge is 0.387 e. The van der Waals surface area contributed by atoms with Crippen LogP contribution in [0.1, 0.15) is 36.9 Å². The Hall–Kier alpha value is -3.03. The molecule has 1 aromatic carbocycles. The summed E-state index contributed by atoms with van der Waals surface area (Å²) in [6, 6.07) is 6.18. The summed E-state index contributed by atoms with van der Waals surface area (Å²) in [6.45, 7) is 1.48. The normalized spacial score (nSPS) is 13.6. The molecule has 2 aromatic rings. The molecule has 0 unspecified atom stereocenters. The Kier molecular flexibility index (Phi) is 2.56. The zero-order valence-corrected chi connectivity index (χ0v) is 10.2. The number of aryl methyl sites for hydroxylation is 1. The fourth-order valence-electron chi connectivity index (χ4n) is 1.79. The van der Waals surface area contributed by atoms with Crippen molar-refractivity contribution in [3.8, 4) is 0 Å². The van der Waals surface area contributed by atoms with Gasteiger partial charge in [0.25, 0.3) is 11.8 Å². The Bertz CT molecular complexity index is 701. The van der Waals surface area contributed by atoms with Crippen molar-refractivity contribution in [1.29, 1.82) is 0 Å². The van der Waals surface area contributed by atoms with Crippen molar-refractivity contribution in [2.75, 3.05) is 0 Å². The van der Waals surface area contributed by atoms with E-state index in [-0.39, 0.29) is 22.5 Å². The maximum atomic E-state index is 12.0. The monoisotopic (exact) mass is 273 g/mol. The molecule has 0 fully saturated rings. The van der Waals surface area contributed by atoms with Gasteiger partial charge in [0.05, 0.1) is 11.1 Å². The minimum atomic E-state index is -0.988. The van der Waals surface area contributed by atoms with Gasteiger partial charge in [-0.3, -0.25) is 9.59 Å². The molecule has 1 aromatic heterocycles. The molecule has 2 amide bonds. The van der Waals surface area contributed by atoms with Gasteiger partial charge in [0, 0.05) is 0 Å². The molecule has 1 aliphatic heterocycles. The third-order valence-electron chi connectivity index (χ3n) is 2.78. The van der Waals surface area contributed by atoms with Crippen molar-refractivity contribution in [1.82, 2.24) is 15.4 Å². The average Bonchev–Trinajstić information content (AvgIpc) is 2.97. The number of nitrogens with zero attached hydrogens (tertiary/aromatic N) is 3. The molecule has 2 heterocycles. The highest BCUT2D eigenvalue weighted by Crippen LogP contribution is 2.23. The summed E-state index contributed by atoms with van der Waals surface area (Å²) in [6.07, 6.45) is 0. The van der Waals surface area contributed by atoms with Gasteiger partial charge in [-0.05, 0) is 24.2 Å². The van der Waals surface area contributed by atoms with E-state index in [2.05, 4.69) is 14.9 Å². The lowest BCUT2D eigenvalue weighted by Gasteiger charge is -2.11. The Morgan fingerprint density at radius 1 is 1.15 bits per heavy atom. The highest BCUT2D eigenvalue weighted by Gasteiger charge is 2.39. The Morgan fingerprint density at radius 3 is 2.25 bits per heavy atom. The van der Waals surface area contributed by atoms with E-state index in [1.54, 1.807) is 12.1 Å². The maximum Gasteiger partial charge on any atom is 0.387 e. The standard InChI is InChI=1S/C12H7N3O5/c1-6-9(14-20-13-6)12(18)19-15-10(16)7-4-2-3-5-8(7)11(15)17/h2-5H,1H3. The van der Waals surface area contributed by atoms with Crippen molar-refractivity contribution in [3.63, 3.8) is 0 Å². The van der Waals surface area contributed by atoms with Gasteiger partial charge in [0.2, 0.25) is 5.69 Å². The number of amides is 2. The van der Waals surface area contributed by atoms with Gasteiger partial charge >= 0.3 is 5.97 Å². The SMILES string of the molecule is Cc1nonc1C(=O)ON1C(=O)c2ccccc2C1=O. The topological polar surface area (TPSA) is 103 Å². The predicted molar refractivity (Wildman–Crippen MR) is 61.4 cm³/mol. The quantitative estimate of drug-likeness (QED) is 0.743. The van der Waals surface area contributed by atoms with E-state index in [9.17, 15) is 14.4 Å². The van der Waals surface area contributed by atoms with Gasteiger partial charge in [0.1, 0.15) is 5.69 Å². The van der Waals surface area contributed by atoms with E-state index in [0.717, 1.165) is 0 Å². The number of rotatable bonds is 2. The molecule has 8 heteroatoms. The Labute approximate surface area is 111 Å². The molecule has 3 rings (SSSR count). The minimum Gasteiger partial charge on any atom is -0.322 e. The summed E-state index contributed by atoms with van der Waals surface area (Å²) >= 11 is 0. The molecule has 0 bridgehead atoms. The molecule has 0 N–H and O–H groups in total. The summed E-state index contributed by atoms with van der Waals surface area (Å²) in [5.74, 6) is -2.39. The van der Waals surface area contributed by atoms with E-state index >= 15 is 0 Å². The van der Waals surface area contributed by atoms with Gasteiger partial charge in [-0.2, -0.15) is 0 Å². The molecule has 0 saturated heterocycles. The van der Waals surface area contributed by atoms with Gasteiger partial charge < -0.3 is 4.84 Å². The van der Waals surface area contributed by atoms with Crippen LogP contribution in [0, 0.1) is 6.92 Å². The summed E-state index contributed by atoms with van der Waals surface area (Å²) < 4.78 is 4.36.